The molecule has 2 N–H and O–H groups in total. The fraction of sp³-hybridized carbons (Fsp3) is 0.571. The van der Waals surface area contributed by atoms with E-state index in [0.29, 0.717) is 12.1 Å². The van der Waals surface area contributed by atoms with Gasteiger partial charge < -0.3 is 5.73 Å². The molecule has 1 aliphatic rings. The number of nitrogens with two attached hydrogens (primary N) is 1. The molecule has 2 nitrogen and oxygen atoms in total. The molecule has 2 rings (SSSR count). The zero-order valence-electron chi connectivity index (χ0n) is 10.6. The van der Waals surface area contributed by atoms with E-state index in [-0.39, 0.29) is 11.9 Å². The van der Waals surface area contributed by atoms with Crippen LogP contribution in [0.3, 0.4) is 0 Å². The summed E-state index contributed by atoms with van der Waals surface area (Å²) in [5.74, 6) is 1.43. The molecule has 0 radical (unpaired) electrons. The van der Waals surface area contributed by atoms with Gasteiger partial charge in [0.2, 0.25) is 0 Å². The first kappa shape index (κ1) is 12.5. The Bertz CT molecular complexity index is 380. The molecule has 0 saturated heterocycles. The number of likely N-dealkylation sites (N-methyl/N-ethyl adjacent to an activating group) is 1. The molecule has 0 amide bonds. The molecule has 17 heavy (non-hydrogen) atoms. The minimum absolute atomic E-state index is 0.0102. The van der Waals surface area contributed by atoms with E-state index in [1.807, 2.05) is 19.2 Å². The van der Waals surface area contributed by atoms with Crippen molar-refractivity contribution in [3.63, 3.8) is 0 Å². The van der Waals surface area contributed by atoms with Crippen molar-refractivity contribution in [1.82, 2.24) is 4.90 Å². The van der Waals surface area contributed by atoms with E-state index in [2.05, 4.69) is 11.8 Å². The summed E-state index contributed by atoms with van der Waals surface area (Å²) in [4.78, 5) is 2.19. The van der Waals surface area contributed by atoms with E-state index >= 15 is 0 Å². The Balaban J connectivity index is 2.07. The average Bonchev–Trinajstić information content (AvgIpc) is 2.98. The molecule has 94 valence electrons. The van der Waals surface area contributed by atoms with E-state index in [4.69, 9.17) is 5.73 Å². The molecule has 1 aliphatic carbocycles. The van der Waals surface area contributed by atoms with Crippen molar-refractivity contribution >= 4 is 0 Å². The highest BCUT2D eigenvalue weighted by Gasteiger charge is 2.34. The summed E-state index contributed by atoms with van der Waals surface area (Å²) >= 11 is 0. The summed E-state index contributed by atoms with van der Waals surface area (Å²) in [5, 5.41) is 0. The third kappa shape index (κ3) is 2.85. The Hall–Kier alpha value is -0.930. The minimum atomic E-state index is -0.154. The van der Waals surface area contributed by atoms with Crippen molar-refractivity contribution in [3.8, 4) is 0 Å². The van der Waals surface area contributed by atoms with E-state index in [1.165, 1.54) is 12.5 Å². The SMILES string of the molecule is CC1CC1CN(C)C(CN)c1ccccc1F. The van der Waals surface area contributed by atoms with Crippen LogP contribution in [0.2, 0.25) is 0 Å². The first-order valence-corrected chi connectivity index (χ1v) is 6.28. The molecule has 0 aromatic heterocycles. The molecule has 0 bridgehead atoms. The highest BCUT2D eigenvalue weighted by molar-refractivity contribution is 5.21. The predicted octanol–water partition coefficient (Wildman–Crippen LogP) is 2.41. The van der Waals surface area contributed by atoms with Crippen LogP contribution < -0.4 is 5.73 Å². The highest BCUT2D eigenvalue weighted by atomic mass is 19.1. The summed E-state index contributed by atoms with van der Waals surface area (Å²) in [6.45, 7) is 3.73. The summed E-state index contributed by atoms with van der Waals surface area (Å²) in [7, 11) is 2.04. The van der Waals surface area contributed by atoms with Crippen LogP contribution in [0.25, 0.3) is 0 Å². The monoisotopic (exact) mass is 236 g/mol. The molecule has 3 heteroatoms. The van der Waals surface area contributed by atoms with Crippen molar-refractivity contribution in [2.45, 2.75) is 19.4 Å². The number of benzene rings is 1. The topological polar surface area (TPSA) is 29.3 Å². The number of nitrogens with zero attached hydrogens (tertiary/aromatic N) is 1. The second kappa shape index (κ2) is 5.15. The van der Waals surface area contributed by atoms with Crippen LogP contribution in [0.1, 0.15) is 24.9 Å². The number of rotatable bonds is 5. The Morgan fingerprint density at radius 2 is 2.12 bits per heavy atom. The van der Waals surface area contributed by atoms with Gasteiger partial charge in [-0.2, -0.15) is 0 Å². The minimum Gasteiger partial charge on any atom is -0.329 e. The second-order valence-electron chi connectivity index (χ2n) is 5.19. The van der Waals surface area contributed by atoms with Crippen LogP contribution in [0, 0.1) is 17.7 Å². The molecule has 1 aromatic rings. The number of hydrogen-bond donors (Lipinski definition) is 1. The summed E-state index contributed by atoms with van der Waals surface area (Å²) in [6.07, 6.45) is 1.29. The summed E-state index contributed by atoms with van der Waals surface area (Å²) in [5.41, 5.74) is 6.51. The van der Waals surface area contributed by atoms with Crippen LogP contribution >= 0.6 is 0 Å². The maximum absolute atomic E-state index is 13.7. The molecule has 0 heterocycles. The molecule has 1 aromatic carbocycles. The first-order valence-electron chi connectivity index (χ1n) is 6.28. The Morgan fingerprint density at radius 3 is 2.65 bits per heavy atom. The van der Waals surface area contributed by atoms with Gasteiger partial charge >= 0.3 is 0 Å². The van der Waals surface area contributed by atoms with Gasteiger partial charge in [-0.05, 0) is 31.4 Å². The van der Waals surface area contributed by atoms with Crippen molar-refractivity contribution in [2.75, 3.05) is 20.1 Å². The summed E-state index contributed by atoms with van der Waals surface area (Å²) < 4.78 is 13.7. The van der Waals surface area contributed by atoms with Gasteiger partial charge in [0.25, 0.3) is 0 Å². The van der Waals surface area contributed by atoms with Gasteiger partial charge in [-0.3, -0.25) is 4.90 Å². The van der Waals surface area contributed by atoms with Gasteiger partial charge in [0.05, 0.1) is 0 Å². The number of hydrogen-bond acceptors (Lipinski definition) is 2. The fourth-order valence-electron chi connectivity index (χ4n) is 2.44. The third-order valence-corrected chi connectivity index (χ3v) is 3.82. The van der Waals surface area contributed by atoms with Crippen molar-refractivity contribution in [2.24, 2.45) is 17.6 Å². The van der Waals surface area contributed by atoms with Gasteiger partial charge in [-0.15, -0.1) is 0 Å². The molecule has 3 unspecified atom stereocenters. The van der Waals surface area contributed by atoms with Crippen LogP contribution in [0.5, 0.6) is 0 Å². The smallest absolute Gasteiger partial charge is 0.128 e. The molecule has 1 saturated carbocycles. The Morgan fingerprint density at radius 1 is 1.47 bits per heavy atom. The second-order valence-corrected chi connectivity index (χ2v) is 5.19. The maximum atomic E-state index is 13.7. The average molecular weight is 236 g/mol. The first-order chi connectivity index (χ1) is 8.13. The van der Waals surface area contributed by atoms with E-state index in [1.54, 1.807) is 6.07 Å². The van der Waals surface area contributed by atoms with Crippen molar-refractivity contribution in [1.29, 1.82) is 0 Å². The Kier molecular flexibility index (Phi) is 3.79. The third-order valence-electron chi connectivity index (χ3n) is 3.82. The van der Waals surface area contributed by atoms with E-state index in [0.717, 1.165) is 18.4 Å². The van der Waals surface area contributed by atoms with E-state index in [9.17, 15) is 4.39 Å². The predicted molar refractivity (Wildman–Crippen MR) is 68.1 cm³/mol. The van der Waals surface area contributed by atoms with Gasteiger partial charge in [0.1, 0.15) is 5.82 Å². The molecule has 3 atom stereocenters. The van der Waals surface area contributed by atoms with Crippen LogP contribution in [0.4, 0.5) is 4.39 Å². The largest absolute Gasteiger partial charge is 0.329 e. The molecular formula is C14H21FN2. The molecular weight excluding hydrogens is 215 g/mol. The summed E-state index contributed by atoms with van der Waals surface area (Å²) in [6, 6.07) is 6.92. The van der Waals surface area contributed by atoms with E-state index < -0.39 is 0 Å². The lowest BCUT2D eigenvalue weighted by Gasteiger charge is -2.27. The zero-order valence-corrected chi connectivity index (χ0v) is 10.6. The van der Waals surface area contributed by atoms with Crippen LogP contribution in [0.15, 0.2) is 24.3 Å². The normalized spacial score (nSPS) is 25.0. The van der Waals surface area contributed by atoms with Gasteiger partial charge in [-0.1, -0.05) is 25.1 Å². The van der Waals surface area contributed by atoms with Gasteiger partial charge in [0.15, 0.2) is 0 Å². The van der Waals surface area contributed by atoms with Crippen LogP contribution in [-0.2, 0) is 0 Å². The van der Waals surface area contributed by atoms with Crippen LogP contribution in [-0.4, -0.2) is 25.0 Å². The molecule has 1 fully saturated rings. The quantitative estimate of drug-likeness (QED) is 0.850. The zero-order chi connectivity index (χ0) is 12.4. The van der Waals surface area contributed by atoms with Gasteiger partial charge in [-0.25, -0.2) is 4.39 Å². The Labute approximate surface area is 103 Å². The maximum Gasteiger partial charge on any atom is 0.128 e. The lowest BCUT2D eigenvalue weighted by atomic mass is 10.0. The highest BCUT2D eigenvalue weighted by Crippen LogP contribution is 2.39. The molecule has 0 spiro atoms. The fourth-order valence-corrected chi connectivity index (χ4v) is 2.44. The number of halogens is 1. The van der Waals surface area contributed by atoms with Crippen molar-refractivity contribution in [3.05, 3.63) is 35.6 Å². The van der Waals surface area contributed by atoms with Crippen molar-refractivity contribution < 1.29 is 4.39 Å². The molecule has 0 aliphatic heterocycles. The lowest BCUT2D eigenvalue weighted by molar-refractivity contribution is 0.232. The standard InChI is InChI=1S/C14H21FN2/c1-10-7-11(10)9-17(2)14(8-16)12-5-3-4-6-13(12)15/h3-6,10-11,14H,7-9,16H2,1-2H3. The van der Waals surface area contributed by atoms with Gasteiger partial charge in [0, 0.05) is 24.7 Å². The lowest BCUT2D eigenvalue weighted by Crippen LogP contribution is -2.32.